The number of carbonyl (C=O) groups excluding carboxylic acids is 2. The van der Waals surface area contributed by atoms with Crippen LogP contribution in [0, 0.1) is 11.3 Å². The first-order chi connectivity index (χ1) is 8.29. The third-order valence-electron chi connectivity index (χ3n) is 4.90. The summed E-state index contributed by atoms with van der Waals surface area (Å²) >= 11 is 0. The van der Waals surface area contributed by atoms with Crippen LogP contribution in [0.15, 0.2) is 0 Å². The fraction of sp³-hybridized carbons (Fsp3) is 0.857. The van der Waals surface area contributed by atoms with Gasteiger partial charge in [0.25, 0.3) is 0 Å². The van der Waals surface area contributed by atoms with Crippen molar-refractivity contribution in [2.75, 3.05) is 6.54 Å². The molecule has 104 valence electrons. The van der Waals surface area contributed by atoms with E-state index in [2.05, 4.69) is 0 Å². The van der Waals surface area contributed by atoms with Crippen molar-refractivity contribution in [1.29, 1.82) is 0 Å². The van der Waals surface area contributed by atoms with Gasteiger partial charge in [-0.1, -0.05) is 27.7 Å². The van der Waals surface area contributed by atoms with Crippen LogP contribution >= 0.6 is 0 Å². The van der Waals surface area contributed by atoms with E-state index in [0.717, 1.165) is 0 Å². The van der Waals surface area contributed by atoms with Crippen LogP contribution in [0.2, 0.25) is 0 Å². The van der Waals surface area contributed by atoms with Crippen molar-refractivity contribution in [3.8, 4) is 0 Å². The van der Waals surface area contributed by atoms with E-state index in [-0.39, 0.29) is 17.7 Å². The van der Waals surface area contributed by atoms with Crippen molar-refractivity contribution in [1.82, 2.24) is 4.90 Å². The monoisotopic (exact) mass is 254 g/mol. The maximum atomic E-state index is 12.7. The van der Waals surface area contributed by atoms with Crippen molar-refractivity contribution >= 4 is 11.8 Å². The largest absolute Gasteiger partial charge is 0.328 e. The van der Waals surface area contributed by atoms with E-state index in [1.807, 2.05) is 34.6 Å². The van der Waals surface area contributed by atoms with Gasteiger partial charge >= 0.3 is 0 Å². The van der Waals surface area contributed by atoms with Gasteiger partial charge in [-0.05, 0) is 25.7 Å². The number of likely N-dealkylation sites (tertiary alicyclic amines) is 1. The summed E-state index contributed by atoms with van der Waals surface area (Å²) in [5.74, 6) is 0.0464. The summed E-state index contributed by atoms with van der Waals surface area (Å²) in [6.07, 6.45) is 1.74. The maximum absolute atomic E-state index is 12.7. The number of rotatable bonds is 5. The molecule has 1 unspecified atom stereocenters. The minimum atomic E-state index is -0.568. The fourth-order valence-electron chi connectivity index (χ4n) is 2.71. The molecule has 1 rings (SSSR count). The van der Waals surface area contributed by atoms with E-state index >= 15 is 0 Å². The van der Waals surface area contributed by atoms with E-state index in [1.54, 1.807) is 0 Å². The quantitative estimate of drug-likeness (QED) is 0.762. The molecule has 1 fully saturated rings. The van der Waals surface area contributed by atoms with Gasteiger partial charge in [0, 0.05) is 13.0 Å². The Bertz CT molecular complexity index is 339. The van der Waals surface area contributed by atoms with Crippen molar-refractivity contribution < 1.29 is 9.59 Å². The van der Waals surface area contributed by atoms with Gasteiger partial charge in [-0.25, -0.2) is 0 Å². The lowest BCUT2D eigenvalue weighted by Crippen LogP contribution is -2.56. The fourth-order valence-corrected chi connectivity index (χ4v) is 2.71. The van der Waals surface area contributed by atoms with Gasteiger partial charge in [0.05, 0.1) is 11.0 Å². The van der Waals surface area contributed by atoms with Crippen LogP contribution in [0.3, 0.4) is 0 Å². The molecule has 1 atom stereocenters. The standard InChI is InChI=1S/C14H26N2O2/c1-6-14(7-2,9-15)16-11(17)8-13(5,10(3)4)12(16)18/h10H,6-9,15H2,1-5H3. The summed E-state index contributed by atoms with van der Waals surface area (Å²) in [5.41, 5.74) is 4.78. The van der Waals surface area contributed by atoms with Gasteiger partial charge in [-0.2, -0.15) is 0 Å². The lowest BCUT2D eigenvalue weighted by molar-refractivity contribution is -0.149. The third-order valence-corrected chi connectivity index (χ3v) is 4.90. The van der Waals surface area contributed by atoms with E-state index in [9.17, 15) is 9.59 Å². The summed E-state index contributed by atoms with van der Waals surface area (Å²) < 4.78 is 0. The van der Waals surface area contributed by atoms with Crippen LogP contribution < -0.4 is 5.73 Å². The number of imide groups is 1. The van der Waals surface area contributed by atoms with E-state index < -0.39 is 11.0 Å². The molecule has 1 aliphatic rings. The molecule has 2 amide bonds. The Kier molecular flexibility index (Phi) is 4.21. The highest BCUT2D eigenvalue weighted by atomic mass is 16.2. The number of nitrogens with two attached hydrogens (primary N) is 1. The second kappa shape index (κ2) is 5.00. The van der Waals surface area contributed by atoms with Crippen molar-refractivity contribution in [3.05, 3.63) is 0 Å². The minimum Gasteiger partial charge on any atom is -0.328 e. The molecule has 1 aliphatic heterocycles. The predicted octanol–water partition coefficient (Wildman–Crippen LogP) is 1.93. The summed E-state index contributed by atoms with van der Waals surface area (Å²) in [5, 5.41) is 0. The van der Waals surface area contributed by atoms with Crippen LogP contribution in [-0.2, 0) is 9.59 Å². The van der Waals surface area contributed by atoms with Crippen molar-refractivity contribution in [2.24, 2.45) is 17.1 Å². The molecule has 0 radical (unpaired) electrons. The van der Waals surface area contributed by atoms with Crippen LogP contribution in [0.25, 0.3) is 0 Å². The molecule has 2 N–H and O–H groups in total. The Morgan fingerprint density at radius 2 is 1.83 bits per heavy atom. The molecule has 0 aromatic heterocycles. The lowest BCUT2D eigenvalue weighted by Gasteiger charge is -2.39. The normalized spacial score (nSPS) is 25.4. The van der Waals surface area contributed by atoms with Gasteiger partial charge in [-0.3, -0.25) is 14.5 Å². The molecule has 0 bridgehead atoms. The highest BCUT2D eigenvalue weighted by Gasteiger charge is 2.55. The third kappa shape index (κ3) is 1.96. The smallest absolute Gasteiger partial charge is 0.236 e. The minimum absolute atomic E-state index is 0.0448. The van der Waals surface area contributed by atoms with Crippen molar-refractivity contribution in [2.45, 2.75) is 59.4 Å². The molecular weight excluding hydrogens is 228 g/mol. The number of hydrogen-bond acceptors (Lipinski definition) is 3. The first-order valence-electron chi connectivity index (χ1n) is 6.86. The first-order valence-corrected chi connectivity index (χ1v) is 6.86. The molecule has 0 aromatic carbocycles. The molecule has 1 heterocycles. The summed E-state index contributed by atoms with van der Waals surface area (Å²) in [7, 11) is 0. The first kappa shape index (κ1) is 15.2. The van der Waals surface area contributed by atoms with Crippen molar-refractivity contribution in [3.63, 3.8) is 0 Å². The number of hydrogen-bond donors (Lipinski definition) is 1. The average Bonchev–Trinajstić information content (AvgIpc) is 2.57. The van der Waals surface area contributed by atoms with Gasteiger partial charge in [0.1, 0.15) is 0 Å². The van der Waals surface area contributed by atoms with Gasteiger partial charge in [0.2, 0.25) is 11.8 Å². The summed E-state index contributed by atoms with van der Waals surface area (Å²) in [6.45, 7) is 10.2. The molecule has 0 saturated carbocycles. The average molecular weight is 254 g/mol. The molecule has 4 heteroatoms. The van der Waals surface area contributed by atoms with E-state index in [4.69, 9.17) is 5.73 Å². The Labute approximate surface area is 110 Å². The zero-order valence-electron chi connectivity index (χ0n) is 12.2. The van der Waals surface area contributed by atoms with Gasteiger partial charge in [0.15, 0.2) is 0 Å². The number of amides is 2. The molecule has 18 heavy (non-hydrogen) atoms. The summed E-state index contributed by atoms with van der Waals surface area (Å²) in [4.78, 5) is 26.4. The number of nitrogens with zero attached hydrogens (tertiary/aromatic N) is 1. The van der Waals surface area contributed by atoms with Crippen LogP contribution in [-0.4, -0.2) is 28.8 Å². The van der Waals surface area contributed by atoms with Crippen LogP contribution in [0.4, 0.5) is 0 Å². The zero-order chi connectivity index (χ0) is 14.1. The SMILES string of the molecule is CCC(CC)(CN)N1C(=O)CC(C)(C(C)C)C1=O. The van der Waals surface area contributed by atoms with Crippen LogP contribution in [0.5, 0.6) is 0 Å². The van der Waals surface area contributed by atoms with E-state index in [0.29, 0.717) is 25.8 Å². The topological polar surface area (TPSA) is 63.4 Å². The summed E-state index contributed by atoms with van der Waals surface area (Å²) in [6, 6.07) is 0. The molecule has 0 aliphatic carbocycles. The predicted molar refractivity (Wildman–Crippen MR) is 71.8 cm³/mol. The van der Waals surface area contributed by atoms with E-state index in [1.165, 1.54) is 4.90 Å². The van der Waals surface area contributed by atoms with Gasteiger partial charge in [-0.15, -0.1) is 0 Å². The highest BCUT2D eigenvalue weighted by molar-refractivity contribution is 6.06. The zero-order valence-corrected chi connectivity index (χ0v) is 12.2. The van der Waals surface area contributed by atoms with Gasteiger partial charge < -0.3 is 5.73 Å². The molecule has 0 spiro atoms. The molecule has 4 nitrogen and oxygen atoms in total. The van der Waals surface area contributed by atoms with Crippen LogP contribution in [0.1, 0.15) is 53.9 Å². The Morgan fingerprint density at radius 3 is 2.11 bits per heavy atom. The second-order valence-electron chi connectivity index (χ2n) is 5.92. The second-order valence-corrected chi connectivity index (χ2v) is 5.92. The lowest BCUT2D eigenvalue weighted by atomic mass is 9.77. The Morgan fingerprint density at radius 1 is 1.33 bits per heavy atom. The Balaban J connectivity index is 3.19. The highest BCUT2D eigenvalue weighted by Crippen LogP contribution is 2.43. The Hall–Kier alpha value is -0.900. The molecule has 0 aromatic rings. The molecule has 1 saturated heterocycles. The molecular formula is C14H26N2O2. The number of carbonyl (C=O) groups is 2. The maximum Gasteiger partial charge on any atom is 0.236 e.